The maximum Gasteiger partial charge on any atom is 0.222 e. The van der Waals surface area contributed by atoms with E-state index >= 15 is 0 Å². The van der Waals surface area contributed by atoms with Crippen LogP contribution < -0.4 is 0 Å². The third-order valence-corrected chi connectivity index (χ3v) is 4.26. The normalized spacial score (nSPS) is 16.1. The van der Waals surface area contributed by atoms with E-state index in [4.69, 9.17) is 4.84 Å². The Hall–Kier alpha value is -2.76. The monoisotopic (exact) mass is 358 g/mol. The molecule has 1 aliphatic heterocycles. The molecule has 0 saturated heterocycles. The highest BCUT2D eigenvalue weighted by molar-refractivity contribution is 6.01. The first-order valence-corrected chi connectivity index (χ1v) is 8.56. The zero-order valence-corrected chi connectivity index (χ0v) is 14.5. The predicted octanol–water partition coefficient (Wildman–Crippen LogP) is 3.90. The van der Waals surface area contributed by atoms with E-state index in [1.807, 2.05) is 0 Å². The number of carbonyl (C=O) groups excluding carboxylic acids is 1. The summed E-state index contributed by atoms with van der Waals surface area (Å²) in [5.41, 5.74) is 1.65. The van der Waals surface area contributed by atoms with Gasteiger partial charge in [0.15, 0.2) is 6.10 Å². The van der Waals surface area contributed by atoms with E-state index in [9.17, 15) is 13.6 Å². The molecule has 6 heteroatoms. The molecule has 1 unspecified atom stereocenters. The Labute approximate surface area is 151 Å². The molecule has 0 bridgehead atoms. The Balaban J connectivity index is 1.67. The van der Waals surface area contributed by atoms with Crippen LogP contribution in [-0.4, -0.2) is 29.2 Å². The number of amides is 1. The van der Waals surface area contributed by atoms with Gasteiger partial charge in [-0.15, -0.1) is 0 Å². The summed E-state index contributed by atoms with van der Waals surface area (Å²) in [6.07, 6.45) is 0.398. The van der Waals surface area contributed by atoms with E-state index in [-0.39, 0.29) is 23.6 Å². The van der Waals surface area contributed by atoms with Crippen LogP contribution in [0.4, 0.5) is 8.78 Å². The zero-order chi connectivity index (χ0) is 18.5. The summed E-state index contributed by atoms with van der Waals surface area (Å²) >= 11 is 0. The van der Waals surface area contributed by atoms with Crippen LogP contribution in [0.2, 0.25) is 0 Å². The largest absolute Gasteiger partial charge is 0.390 e. The van der Waals surface area contributed by atoms with Crippen molar-refractivity contribution in [3.63, 3.8) is 0 Å². The molecule has 0 N–H and O–H groups in total. The number of rotatable bonds is 6. The number of oxime groups is 1. The smallest absolute Gasteiger partial charge is 0.222 e. The number of hydrogen-bond acceptors (Lipinski definition) is 3. The van der Waals surface area contributed by atoms with Crippen LogP contribution in [-0.2, 0) is 16.2 Å². The van der Waals surface area contributed by atoms with Gasteiger partial charge in [-0.3, -0.25) is 4.79 Å². The van der Waals surface area contributed by atoms with Crippen LogP contribution >= 0.6 is 0 Å². The molecule has 1 heterocycles. The fourth-order valence-electron chi connectivity index (χ4n) is 2.96. The molecule has 0 radical (unpaired) electrons. The highest BCUT2D eigenvalue weighted by Gasteiger charge is 2.27. The predicted molar refractivity (Wildman–Crippen MR) is 94.5 cm³/mol. The van der Waals surface area contributed by atoms with Crippen molar-refractivity contribution in [2.45, 2.75) is 32.4 Å². The van der Waals surface area contributed by atoms with Crippen LogP contribution in [0.3, 0.4) is 0 Å². The van der Waals surface area contributed by atoms with E-state index in [1.54, 1.807) is 42.2 Å². The summed E-state index contributed by atoms with van der Waals surface area (Å²) in [4.78, 5) is 19.3. The van der Waals surface area contributed by atoms with Gasteiger partial charge in [0, 0.05) is 24.9 Å². The molecule has 1 atom stereocenters. The van der Waals surface area contributed by atoms with E-state index in [2.05, 4.69) is 5.16 Å². The second-order valence-corrected chi connectivity index (χ2v) is 6.21. The number of halogens is 2. The lowest BCUT2D eigenvalue weighted by molar-refractivity contribution is -0.133. The molecular formula is C20H20F2N2O2. The summed E-state index contributed by atoms with van der Waals surface area (Å²) < 4.78 is 27.3. The van der Waals surface area contributed by atoms with Crippen molar-refractivity contribution in [3.8, 4) is 0 Å². The Bertz CT molecular complexity index is 823. The molecule has 3 rings (SSSR count). The lowest BCUT2D eigenvalue weighted by Gasteiger charge is -2.24. The molecule has 26 heavy (non-hydrogen) atoms. The minimum Gasteiger partial charge on any atom is -0.390 e. The molecular weight excluding hydrogens is 338 g/mol. The van der Waals surface area contributed by atoms with Crippen LogP contribution in [0.15, 0.2) is 53.7 Å². The molecule has 1 aliphatic rings. The van der Waals surface area contributed by atoms with Crippen molar-refractivity contribution >= 4 is 11.6 Å². The molecule has 0 fully saturated rings. The van der Waals surface area contributed by atoms with E-state index in [1.165, 1.54) is 18.2 Å². The summed E-state index contributed by atoms with van der Waals surface area (Å²) in [7, 11) is 0. The van der Waals surface area contributed by atoms with Gasteiger partial charge in [-0.05, 0) is 23.8 Å². The molecule has 0 saturated carbocycles. The van der Waals surface area contributed by atoms with Gasteiger partial charge in [0.1, 0.15) is 11.6 Å². The third kappa shape index (κ3) is 4.25. The number of carbonyl (C=O) groups is 1. The van der Waals surface area contributed by atoms with Crippen LogP contribution in [0.1, 0.15) is 30.9 Å². The van der Waals surface area contributed by atoms with Crippen LogP contribution in [0.25, 0.3) is 0 Å². The van der Waals surface area contributed by atoms with Crippen molar-refractivity contribution in [1.82, 2.24) is 4.90 Å². The number of nitrogens with zero attached hydrogens (tertiary/aromatic N) is 2. The van der Waals surface area contributed by atoms with Gasteiger partial charge >= 0.3 is 0 Å². The zero-order valence-electron chi connectivity index (χ0n) is 14.5. The van der Waals surface area contributed by atoms with Crippen molar-refractivity contribution < 1.29 is 18.4 Å². The summed E-state index contributed by atoms with van der Waals surface area (Å²) in [6.45, 7) is 2.38. The third-order valence-electron chi connectivity index (χ3n) is 4.26. The average Bonchev–Trinajstić information content (AvgIpc) is 3.09. The lowest BCUT2D eigenvalue weighted by Crippen LogP contribution is -2.36. The second-order valence-electron chi connectivity index (χ2n) is 6.21. The second kappa shape index (κ2) is 8.08. The van der Waals surface area contributed by atoms with Gasteiger partial charge in [-0.1, -0.05) is 42.4 Å². The maximum atomic E-state index is 13.9. The summed E-state index contributed by atoms with van der Waals surface area (Å²) in [5, 5.41) is 3.99. The molecule has 0 aliphatic carbocycles. The van der Waals surface area contributed by atoms with Gasteiger partial charge < -0.3 is 9.74 Å². The first kappa shape index (κ1) is 18.0. The molecule has 136 valence electrons. The van der Waals surface area contributed by atoms with Crippen molar-refractivity contribution in [2.75, 3.05) is 6.54 Å². The molecule has 1 amide bonds. The summed E-state index contributed by atoms with van der Waals surface area (Å²) in [6, 6.07) is 12.6. The molecule has 2 aromatic rings. The molecule has 2 aromatic carbocycles. The highest BCUT2D eigenvalue weighted by Crippen LogP contribution is 2.20. The van der Waals surface area contributed by atoms with Crippen LogP contribution in [0.5, 0.6) is 0 Å². The number of hydrogen-bond donors (Lipinski definition) is 0. The van der Waals surface area contributed by atoms with Gasteiger partial charge in [0.2, 0.25) is 5.91 Å². The lowest BCUT2D eigenvalue weighted by atomic mass is 10.0. The van der Waals surface area contributed by atoms with Gasteiger partial charge in [0.25, 0.3) is 0 Å². The van der Waals surface area contributed by atoms with Crippen LogP contribution in [0, 0.1) is 11.6 Å². The average molecular weight is 358 g/mol. The fraction of sp³-hybridized carbons (Fsp3) is 0.300. The van der Waals surface area contributed by atoms with Crippen molar-refractivity contribution in [1.29, 1.82) is 0 Å². The first-order chi connectivity index (χ1) is 12.6. The van der Waals surface area contributed by atoms with E-state index < -0.39 is 0 Å². The topological polar surface area (TPSA) is 41.9 Å². The fourth-order valence-corrected chi connectivity index (χ4v) is 2.96. The molecule has 4 nitrogen and oxygen atoms in total. The minimum atomic E-state index is -0.353. The van der Waals surface area contributed by atoms with Gasteiger partial charge in [-0.25, -0.2) is 8.78 Å². The standard InChI is InChI=1S/C20H20F2N2O2/c1-2-20(25)24(12-14-6-5-7-15(21)10-14)13-16-11-19(23-26-16)17-8-3-4-9-18(17)22/h3-10,16H,2,11-13H2,1H3. The Kier molecular flexibility index (Phi) is 5.61. The Morgan fingerprint density at radius 1 is 1.23 bits per heavy atom. The summed E-state index contributed by atoms with van der Waals surface area (Å²) in [5.74, 6) is -0.748. The quantitative estimate of drug-likeness (QED) is 0.786. The SMILES string of the molecule is CCC(=O)N(Cc1cccc(F)c1)CC1CC(c2ccccc2F)=NO1. The number of benzene rings is 2. The van der Waals surface area contributed by atoms with Crippen molar-refractivity contribution in [3.05, 3.63) is 71.3 Å². The minimum absolute atomic E-state index is 0.0581. The molecule has 0 spiro atoms. The molecule has 0 aromatic heterocycles. The Morgan fingerprint density at radius 3 is 2.77 bits per heavy atom. The van der Waals surface area contributed by atoms with Crippen molar-refractivity contribution in [2.24, 2.45) is 5.16 Å². The van der Waals surface area contributed by atoms with Gasteiger partial charge in [-0.2, -0.15) is 0 Å². The highest BCUT2D eigenvalue weighted by atomic mass is 19.1. The van der Waals surface area contributed by atoms with E-state index in [0.29, 0.717) is 42.8 Å². The van der Waals surface area contributed by atoms with E-state index in [0.717, 1.165) is 0 Å². The maximum absolute atomic E-state index is 13.9. The Morgan fingerprint density at radius 2 is 2.04 bits per heavy atom. The first-order valence-electron chi connectivity index (χ1n) is 8.56. The van der Waals surface area contributed by atoms with Gasteiger partial charge in [0.05, 0.1) is 12.3 Å².